The van der Waals surface area contributed by atoms with E-state index in [9.17, 15) is 9.90 Å². The summed E-state index contributed by atoms with van der Waals surface area (Å²) in [7, 11) is -1.88. The standard InChI is InChI=1S/C16H34O4Si/c1-8-19-16(18)11-15(17)9-10-20-21(12(2)3,13(4)5)14(6)7/h12-15,17H,8-11H2,1-7H3/t15-/m0/s1. The lowest BCUT2D eigenvalue weighted by Gasteiger charge is -2.42. The third kappa shape index (κ3) is 6.08. The summed E-state index contributed by atoms with van der Waals surface area (Å²) in [6, 6.07) is 0. The summed E-state index contributed by atoms with van der Waals surface area (Å²) in [5, 5.41) is 9.89. The number of carbonyl (C=O) groups excluding carboxylic acids is 1. The van der Waals surface area contributed by atoms with Gasteiger partial charge in [0.25, 0.3) is 0 Å². The van der Waals surface area contributed by atoms with Crippen molar-refractivity contribution in [1.82, 2.24) is 0 Å². The largest absolute Gasteiger partial charge is 0.466 e. The van der Waals surface area contributed by atoms with E-state index in [1.54, 1.807) is 6.92 Å². The predicted molar refractivity (Wildman–Crippen MR) is 88.9 cm³/mol. The SMILES string of the molecule is CCOC(=O)C[C@@H](O)CCO[Si](C(C)C)(C(C)C)C(C)C. The van der Waals surface area contributed by atoms with Crippen LogP contribution in [-0.4, -0.2) is 38.7 Å². The van der Waals surface area contributed by atoms with Gasteiger partial charge in [0.05, 0.1) is 19.1 Å². The number of rotatable bonds is 10. The van der Waals surface area contributed by atoms with Gasteiger partial charge in [0.2, 0.25) is 0 Å². The number of carbonyl (C=O) groups is 1. The van der Waals surface area contributed by atoms with Crippen LogP contribution in [0.15, 0.2) is 0 Å². The molecule has 0 spiro atoms. The van der Waals surface area contributed by atoms with Gasteiger partial charge in [-0.2, -0.15) is 0 Å². The molecule has 0 saturated heterocycles. The Balaban J connectivity index is 4.48. The number of hydrogen-bond acceptors (Lipinski definition) is 4. The highest BCUT2D eigenvalue weighted by molar-refractivity contribution is 6.77. The Morgan fingerprint density at radius 2 is 1.52 bits per heavy atom. The molecule has 0 aliphatic rings. The zero-order valence-corrected chi connectivity index (χ0v) is 15.8. The van der Waals surface area contributed by atoms with Crippen LogP contribution >= 0.6 is 0 Å². The molecule has 0 bridgehead atoms. The maximum absolute atomic E-state index is 11.3. The molecule has 1 atom stereocenters. The summed E-state index contributed by atoms with van der Waals surface area (Å²) < 4.78 is 11.2. The Morgan fingerprint density at radius 3 is 1.90 bits per heavy atom. The maximum atomic E-state index is 11.3. The molecule has 0 aromatic heterocycles. The van der Waals surface area contributed by atoms with Crippen molar-refractivity contribution in [3.63, 3.8) is 0 Å². The second-order valence-electron chi connectivity index (χ2n) is 6.62. The average Bonchev–Trinajstić information content (AvgIpc) is 2.33. The van der Waals surface area contributed by atoms with E-state index in [-0.39, 0.29) is 12.4 Å². The highest BCUT2D eigenvalue weighted by Crippen LogP contribution is 2.42. The fraction of sp³-hybridized carbons (Fsp3) is 0.938. The molecule has 0 aliphatic heterocycles. The average molecular weight is 319 g/mol. The molecule has 5 heteroatoms. The smallest absolute Gasteiger partial charge is 0.308 e. The summed E-state index contributed by atoms with van der Waals surface area (Å²) >= 11 is 0. The minimum Gasteiger partial charge on any atom is -0.466 e. The summed E-state index contributed by atoms with van der Waals surface area (Å²) in [6.45, 7) is 16.1. The highest BCUT2D eigenvalue weighted by Gasteiger charge is 2.44. The summed E-state index contributed by atoms with van der Waals surface area (Å²) in [5.41, 5.74) is 1.58. The van der Waals surface area contributed by atoms with Crippen molar-refractivity contribution >= 4 is 14.3 Å². The molecule has 126 valence electrons. The lowest BCUT2D eigenvalue weighted by Crippen LogP contribution is -2.48. The number of aliphatic hydroxyl groups excluding tert-OH is 1. The van der Waals surface area contributed by atoms with E-state index in [0.717, 1.165) is 0 Å². The molecule has 0 radical (unpaired) electrons. The number of aliphatic hydroxyl groups is 1. The van der Waals surface area contributed by atoms with Crippen LogP contribution in [0.25, 0.3) is 0 Å². The van der Waals surface area contributed by atoms with E-state index >= 15 is 0 Å². The van der Waals surface area contributed by atoms with Crippen LogP contribution in [-0.2, 0) is 14.0 Å². The van der Waals surface area contributed by atoms with Gasteiger partial charge >= 0.3 is 5.97 Å². The molecule has 4 nitrogen and oxygen atoms in total. The molecule has 0 amide bonds. The van der Waals surface area contributed by atoms with Crippen molar-refractivity contribution in [2.45, 2.75) is 84.0 Å². The van der Waals surface area contributed by atoms with Gasteiger partial charge < -0.3 is 14.3 Å². The van der Waals surface area contributed by atoms with Crippen molar-refractivity contribution in [1.29, 1.82) is 0 Å². The fourth-order valence-corrected chi connectivity index (χ4v) is 8.86. The molecular formula is C16H34O4Si. The second-order valence-corrected chi connectivity index (χ2v) is 12.1. The Kier molecular flexibility index (Phi) is 9.41. The molecule has 0 rings (SSSR count). The minimum atomic E-state index is -1.88. The summed E-state index contributed by atoms with van der Waals surface area (Å²) in [5.74, 6) is -0.343. The Hall–Kier alpha value is -0.393. The quantitative estimate of drug-likeness (QED) is 0.490. The minimum absolute atomic E-state index is 0.0524. The first-order valence-electron chi connectivity index (χ1n) is 8.16. The van der Waals surface area contributed by atoms with E-state index < -0.39 is 14.4 Å². The monoisotopic (exact) mass is 318 g/mol. The van der Waals surface area contributed by atoms with Crippen LogP contribution < -0.4 is 0 Å². The Morgan fingerprint density at radius 1 is 1.05 bits per heavy atom. The molecule has 0 saturated carbocycles. The number of ether oxygens (including phenoxy) is 1. The van der Waals surface area contributed by atoms with Gasteiger partial charge in [0, 0.05) is 6.61 Å². The lowest BCUT2D eigenvalue weighted by atomic mass is 10.2. The molecule has 21 heavy (non-hydrogen) atoms. The van der Waals surface area contributed by atoms with E-state index in [4.69, 9.17) is 9.16 Å². The normalized spacial score (nSPS) is 14.0. The van der Waals surface area contributed by atoms with Gasteiger partial charge in [-0.1, -0.05) is 41.5 Å². The van der Waals surface area contributed by atoms with E-state index in [1.165, 1.54) is 0 Å². The highest BCUT2D eigenvalue weighted by atomic mass is 28.4. The second kappa shape index (κ2) is 9.59. The molecule has 0 fully saturated rings. The third-order valence-electron chi connectivity index (χ3n) is 4.22. The zero-order valence-electron chi connectivity index (χ0n) is 14.8. The van der Waals surface area contributed by atoms with E-state index in [1.807, 2.05) is 0 Å². The van der Waals surface area contributed by atoms with Gasteiger partial charge in [0.1, 0.15) is 0 Å². The number of hydrogen-bond donors (Lipinski definition) is 1. The van der Waals surface area contributed by atoms with Gasteiger partial charge in [-0.15, -0.1) is 0 Å². The van der Waals surface area contributed by atoms with Gasteiger partial charge in [0.15, 0.2) is 8.32 Å². The van der Waals surface area contributed by atoms with Crippen molar-refractivity contribution in [2.75, 3.05) is 13.2 Å². The van der Waals surface area contributed by atoms with Crippen molar-refractivity contribution in [3.8, 4) is 0 Å². The molecule has 0 aromatic carbocycles. The first kappa shape index (κ1) is 20.6. The molecule has 0 unspecified atom stereocenters. The van der Waals surface area contributed by atoms with Gasteiger partial charge in [-0.25, -0.2) is 0 Å². The summed E-state index contributed by atoms with van der Waals surface area (Å²) in [6.07, 6.45) is -0.140. The van der Waals surface area contributed by atoms with Crippen LogP contribution in [0.1, 0.15) is 61.3 Å². The van der Waals surface area contributed by atoms with Crippen LogP contribution in [0.5, 0.6) is 0 Å². The zero-order chi connectivity index (χ0) is 16.6. The topological polar surface area (TPSA) is 55.8 Å². The maximum Gasteiger partial charge on any atom is 0.308 e. The first-order chi connectivity index (χ1) is 9.68. The van der Waals surface area contributed by atoms with E-state index in [0.29, 0.717) is 36.3 Å². The molecular weight excluding hydrogens is 284 g/mol. The first-order valence-corrected chi connectivity index (χ1v) is 10.3. The van der Waals surface area contributed by atoms with Crippen LogP contribution in [0.3, 0.4) is 0 Å². The Bertz CT molecular complexity index is 281. The lowest BCUT2D eigenvalue weighted by molar-refractivity contribution is -0.145. The number of esters is 1. The van der Waals surface area contributed by atoms with Gasteiger partial charge in [-0.05, 0) is 30.0 Å². The van der Waals surface area contributed by atoms with Gasteiger partial charge in [-0.3, -0.25) is 4.79 Å². The van der Waals surface area contributed by atoms with Crippen molar-refractivity contribution < 1.29 is 19.1 Å². The van der Waals surface area contributed by atoms with Crippen LogP contribution in [0, 0.1) is 0 Å². The van der Waals surface area contributed by atoms with E-state index in [2.05, 4.69) is 41.5 Å². The van der Waals surface area contributed by atoms with Crippen molar-refractivity contribution in [2.24, 2.45) is 0 Å². The summed E-state index contributed by atoms with van der Waals surface area (Å²) in [4.78, 5) is 11.3. The molecule has 0 aliphatic carbocycles. The molecule has 0 aromatic rings. The third-order valence-corrected chi connectivity index (χ3v) is 10.3. The van der Waals surface area contributed by atoms with Crippen molar-refractivity contribution in [3.05, 3.63) is 0 Å². The van der Waals surface area contributed by atoms with Crippen LogP contribution in [0.4, 0.5) is 0 Å². The molecule has 0 heterocycles. The fourth-order valence-electron chi connectivity index (χ4n) is 3.39. The predicted octanol–water partition coefficient (Wildman–Crippen LogP) is 3.88. The molecule has 1 N–H and O–H groups in total. The Labute approximate surface area is 131 Å². The van der Waals surface area contributed by atoms with Crippen LogP contribution in [0.2, 0.25) is 16.6 Å².